The minimum atomic E-state index is -4.64. The molecule has 2 aromatic heterocycles. The number of benzene rings is 4. The molecule has 8 heteroatoms. The molecule has 0 aliphatic heterocycles. The predicted octanol–water partition coefficient (Wildman–Crippen LogP) is 9.82. The van der Waals surface area contributed by atoms with Gasteiger partial charge in [-0.15, -0.1) is 0 Å². The van der Waals surface area contributed by atoms with E-state index in [0.29, 0.717) is 33.0 Å². The third-order valence-electron chi connectivity index (χ3n) is 6.67. The fourth-order valence-corrected chi connectivity index (χ4v) is 4.82. The molecule has 0 unspecified atom stereocenters. The van der Waals surface area contributed by atoms with Gasteiger partial charge in [0.2, 0.25) is 0 Å². The van der Waals surface area contributed by atoms with Crippen LogP contribution >= 0.6 is 0 Å². The molecule has 0 aliphatic carbocycles. The van der Waals surface area contributed by atoms with Crippen LogP contribution in [0, 0.1) is 0 Å². The summed E-state index contributed by atoms with van der Waals surface area (Å²) in [6, 6.07) is 29.2. The van der Waals surface area contributed by atoms with Gasteiger partial charge in [-0.3, -0.25) is 0 Å². The molecule has 0 N–H and O–H groups in total. The van der Waals surface area contributed by atoms with E-state index in [2.05, 4.69) is 9.97 Å². The lowest BCUT2D eigenvalue weighted by molar-refractivity contribution is -0.141. The van der Waals surface area contributed by atoms with Crippen molar-refractivity contribution >= 4 is 21.8 Å². The maximum atomic E-state index is 13.9. The molecule has 0 saturated heterocycles. The van der Waals surface area contributed by atoms with Gasteiger partial charge in [-0.2, -0.15) is 26.3 Å². The normalized spacial score (nSPS) is 12.2. The second kappa shape index (κ2) is 9.48. The number of hydrogen-bond donors (Lipinski definition) is 0. The maximum Gasteiger partial charge on any atom is 0.433 e. The summed E-state index contributed by atoms with van der Waals surface area (Å²) in [7, 11) is 0. The minimum absolute atomic E-state index is 0.0346. The van der Waals surface area contributed by atoms with Crippen LogP contribution in [0.15, 0.2) is 109 Å². The summed E-state index contributed by atoms with van der Waals surface area (Å²) in [5.74, 6) is 0. The average Bonchev–Trinajstić information content (AvgIpc) is 2.95. The van der Waals surface area contributed by atoms with Crippen LogP contribution in [-0.4, -0.2) is 9.97 Å². The molecule has 2 nitrogen and oxygen atoms in total. The summed E-state index contributed by atoms with van der Waals surface area (Å²) in [6.45, 7) is 0. The molecule has 2 heterocycles. The van der Waals surface area contributed by atoms with Crippen molar-refractivity contribution in [1.82, 2.24) is 9.97 Å². The van der Waals surface area contributed by atoms with Crippen LogP contribution in [0.3, 0.4) is 0 Å². The van der Waals surface area contributed by atoms with Crippen molar-refractivity contribution < 1.29 is 26.3 Å². The fourth-order valence-electron chi connectivity index (χ4n) is 4.82. The first kappa shape index (κ1) is 25.6. The molecule has 0 spiro atoms. The van der Waals surface area contributed by atoms with Crippen molar-refractivity contribution in [1.29, 1.82) is 0 Å². The molecule has 0 saturated carbocycles. The first-order valence-corrected chi connectivity index (χ1v) is 12.2. The molecule has 6 rings (SSSR count). The van der Waals surface area contributed by atoms with E-state index in [-0.39, 0.29) is 22.2 Å². The number of pyridine rings is 2. The molecular formula is C32H18F6N2. The van der Waals surface area contributed by atoms with Gasteiger partial charge >= 0.3 is 12.4 Å². The van der Waals surface area contributed by atoms with Gasteiger partial charge in [-0.25, -0.2) is 9.97 Å². The Bertz CT molecular complexity index is 1720. The van der Waals surface area contributed by atoms with Crippen molar-refractivity contribution in [2.24, 2.45) is 0 Å². The van der Waals surface area contributed by atoms with Crippen molar-refractivity contribution in [2.45, 2.75) is 12.4 Å². The number of alkyl halides is 6. The van der Waals surface area contributed by atoms with E-state index in [4.69, 9.17) is 0 Å². The van der Waals surface area contributed by atoms with E-state index in [9.17, 15) is 26.3 Å². The Morgan fingerprint density at radius 3 is 1.12 bits per heavy atom. The van der Waals surface area contributed by atoms with Crippen molar-refractivity contribution in [3.05, 3.63) is 121 Å². The average molecular weight is 544 g/mol. The van der Waals surface area contributed by atoms with Gasteiger partial charge in [0.1, 0.15) is 0 Å². The maximum absolute atomic E-state index is 13.9. The number of halogens is 6. The lowest BCUT2D eigenvalue weighted by Gasteiger charge is -2.15. The van der Waals surface area contributed by atoms with Gasteiger partial charge in [0.05, 0.1) is 11.0 Å². The third kappa shape index (κ3) is 4.77. The highest BCUT2D eigenvalue weighted by atomic mass is 19.4. The molecule has 40 heavy (non-hydrogen) atoms. The zero-order valence-electron chi connectivity index (χ0n) is 20.6. The highest BCUT2D eigenvalue weighted by Crippen LogP contribution is 2.40. The summed E-state index contributed by atoms with van der Waals surface area (Å²) in [5.41, 5.74) is 0.487. The summed E-state index contributed by atoms with van der Waals surface area (Å²) in [5, 5.41) is 1.000. The van der Waals surface area contributed by atoms with E-state index in [1.165, 1.54) is 24.3 Å². The molecule has 0 bridgehead atoms. The van der Waals surface area contributed by atoms with Gasteiger partial charge < -0.3 is 0 Å². The summed E-state index contributed by atoms with van der Waals surface area (Å²) < 4.78 is 83.2. The van der Waals surface area contributed by atoms with Crippen molar-refractivity contribution in [3.63, 3.8) is 0 Å². The van der Waals surface area contributed by atoms with Gasteiger partial charge in [0.25, 0.3) is 0 Å². The zero-order chi connectivity index (χ0) is 28.1. The Labute approximate surface area is 224 Å². The summed E-state index contributed by atoms with van der Waals surface area (Å²) in [4.78, 5) is 7.89. The van der Waals surface area contributed by atoms with Gasteiger partial charge in [-0.1, -0.05) is 72.8 Å². The predicted molar refractivity (Wildman–Crippen MR) is 143 cm³/mol. The van der Waals surface area contributed by atoms with Crippen LogP contribution in [0.5, 0.6) is 0 Å². The molecule has 0 fully saturated rings. The molecule has 0 radical (unpaired) electrons. The Kier molecular flexibility index (Phi) is 6.06. The molecular weight excluding hydrogens is 526 g/mol. The number of fused-ring (bicyclic) bond motifs is 2. The molecule has 0 aliphatic rings. The minimum Gasteiger partial charge on any atom is -0.243 e. The standard InChI is InChI=1S/C32H18F6N2/c33-31(34,35)29-25(19-7-3-1-4-8-19)17-23-15-21(11-13-27(23)39-29)22-12-14-28-24(16-22)18-26(20-9-5-2-6-10-20)30(40-28)32(36,37)38/h1-18H. The van der Waals surface area contributed by atoms with Crippen LogP contribution in [-0.2, 0) is 12.4 Å². The van der Waals surface area contributed by atoms with Gasteiger partial charge in [0, 0.05) is 21.9 Å². The van der Waals surface area contributed by atoms with Crippen LogP contribution in [0.25, 0.3) is 55.2 Å². The Hall–Kier alpha value is -4.72. The second-order valence-electron chi connectivity index (χ2n) is 9.31. The highest BCUT2D eigenvalue weighted by Gasteiger charge is 2.37. The summed E-state index contributed by atoms with van der Waals surface area (Å²) >= 11 is 0. The van der Waals surface area contributed by atoms with Crippen LogP contribution in [0.1, 0.15) is 11.4 Å². The lowest BCUT2D eigenvalue weighted by Crippen LogP contribution is -2.10. The number of nitrogens with zero attached hydrogens (tertiary/aromatic N) is 2. The van der Waals surface area contributed by atoms with Crippen molar-refractivity contribution in [2.75, 3.05) is 0 Å². The molecule has 4 aromatic carbocycles. The highest BCUT2D eigenvalue weighted by molar-refractivity contribution is 5.92. The van der Waals surface area contributed by atoms with E-state index in [1.807, 2.05) is 0 Å². The largest absolute Gasteiger partial charge is 0.433 e. The van der Waals surface area contributed by atoms with E-state index >= 15 is 0 Å². The van der Waals surface area contributed by atoms with E-state index < -0.39 is 23.7 Å². The number of rotatable bonds is 3. The van der Waals surface area contributed by atoms with Crippen LogP contribution in [0.4, 0.5) is 26.3 Å². The van der Waals surface area contributed by atoms with E-state index in [0.717, 1.165) is 0 Å². The monoisotopic (exact) mass is 544 g/mol. The fraction of sp³-hybridized carbons (Fsp3) is 0.0625. The topological polar surface area (TPSA) is 25.8 Å². The third-order valence-corrected chi connectivity index (χ3v) is 6.67. The van der Waals surface area contributed by atoms with E-state index in [1.54, 1.807) is 84.9 Å². The molecule has 0 atom stereocenters. The first-order chi connectivity index (χ1) is 19.1. The molecule has 198 valence electrons. The quantitative estimate of drug-likeness (QED) is 0.207. The zero-order valence-corrected chi connectivity index (χ0v) is 20.6. The smallest absolute Gasteiger partial charge is 0.243 e. The van der Waals surface area contributed by atoms with Crippen LogP contribution in [0.2, 0.25) is 0 Å². The lowest BCUT2D eigenvalue weighted by atomic mass is 9.96. The van der Waals surface area contributed by atoms with Crippen molar-refractivity contribution in [3.8, 4) is 33.4 Å². The Morgan fingerprint density at radius 2 is 0.775 bits per heavy atom. The Balaban J connectivity index is 1.50. The number of hydrogen-bond acceptors (Lipinski definition) is 2. The summed E-state index contributed by atoms with van der Waals surface area (Å²) in [6.07, 6.45) is -9.29. The first-order valence-electron chi connectivity index (χ1n) is 12.2. The molecule has 6 aromatic rings. The number of aromatic nitrogens is 2. The van der Waals surface area contributed by atoms with Crippen LogP contribution < -0.4 is 0 Å². The molecule has 0 amide bonds. The Morgan fingerprint density at radius 1 is 0.400 bits per heavy atom. The van der Waals surface area contributed by atoms with Gasteiger partial charge in [0.15, 0.2) is 11.4 Å². The second-order valence-corrected chi connectivity index (χ2v) is 9.31. The van der Waals surface area contributed by atoms with Gasteiger partial charge in [-0.05, 0) is 58.7 Å². The SMILES string of the molecule is FC(F)(F)c1nc2ccc(-c3ccc4nc(C(F)(F)F)c(-c5ccccc5)cc4c3)cc2cc1-c1ccccc1.